The van der Waals surface area contributed by atoms with Crippen LogP contribution in [0, 0.1) is 17.8 Å². The molecule has 4 aliphatic rings. The van der Waals surface area contributed by atoms with E-state index in [0.717, 1.165) is 55.0 Å². The zero-order valence-electron chi connectivity index (χ0n) is 21.2. The normalized spacial score (nSPS) is 22.5. The van der Waals surface area contributed by atoms with Crippen LogP contribution in [0.3, 0.4) is 0 Å². The molecule has 1 aromatic heterocycles. The van der Waals surface area contributed by atoms with Crippen molar-refractivity contribution in [1.29, 1.82) is 0 Å². The number of likely N-dealkylation sites (tertiary alicyclic amines) is 1. The Hall–Kier alpha value is -2.87. The molecule has 9 heteroatoms. The van der Waals surface area contributed by atoms with E-state index in [4.69, 9.17) is 16.7 Å². The van der Waals surface area contributed by atoms with Crippen molar-refractivity contribution in [3.63, 3.8) is 0 Å². The summed E-state index contributed by atoms with van der Waals surface area (Å²) in [6.45, 7) is 4.92. The SMILES string of the molecule is CC1CN(C(=O)C2CCc3c(N4CCC(C(=O)O)CC4)nn(C(=O)c4c(Cl)cccc4C4CC4)c3C2)C1. The molecule has 1 atom stereocenters. The van der Waals surface area contributed by atoms with Gasteiger partial charge in [-0.25, -0.2) is 0 Å². The first-order valence-corrected chi connectivity index (χ1v) is 13.9. The van der Waals surface area contributed by atoms with Gasteiger partial charge in [0.25, 0.3) is 5.91 Å². The Labute approximate surface area is 221 Å². The number of halogens is 1. The van der Waals surface area contributed by atoms with Gasteiger partial charge in [0.1, 0.15) is 0 Å². The van der Waals surface area contributed by atoms with Crippen LogP contribution in [0.1, 0.15) is 72.1 Å². The molecule has 0 bridgehead atoms. The van der Waals surface area contributed by atoms with E-state index in [-0.39, 0.29) is 23.7 Å². The van der Waals surface area contributed by atoms with Crippen LogP contribution < -0.4 is 4.90 Å². The lowest BCUT2D eigenvalue weighted by Gasteiger charge is -2.40. The van der Waals surface area contributed by atoms with Crippen molar-refractivity contribution in [1.82, 2.24) is 14.7 Å². The Morgan fingerprint density at radius 3 is 2.41 bits per heavy atom. The summed E-state index contributed by atoms with van der Waals surface area (Å²) in [5, 5.41) is 14.7. The molecule has 2 aliphatic heterocycles. The number of carbonyl (C=O) groups excluding carboxylic acids is 2. The van der Waals surface area contributed by atoms with E-state index in [1.165, 1.54) is 4.68 Å². The molecule has 2 aliphatic carbocycles. The first-order valence-electron chi connectivity index (χ1n) is 13.5. The van der Waals surface area contributed by atoms with Gasteiger partial charge in [0, 0.05) is 44.1 Å². The Morgan fingerprint density at radius 2 is 1.76 bits per heavy atom. The average Bonchev–Trinajstić information content (AvgIpc) is 3.66. The number of carbonyl (C=O) groups is 3. The summed E-state index contributed by atoms with van der Waals surface area (Å²) < 4.78 is 1.51. The number of fused-ring (bicyclic) bond motifs is 1. The molecule has 1 N–H and O–H groups in total. The Morgan fingerprint density at radius 1 is 1.03 bits per heavy atom. The number of aliphatic carboxylic acids is 1. The third-order valence-corrected chi connectivity index (χ3v) is 8.90. The summed E-state index contributed by atoms with van der Waals surface area (Å²) in [4.78, 5) is 42.8. The van der Waals surface area contributed by atoms with E-state index in [2.05, 4.69) is 11.8 Å². The molecule has 1 aromatic carbocycles. The van der Waals surface area contributed by atoms with E-state index in [1.807, 2.05) is 17.0 Å². The van der Waals surface area contributed by atoms with Gasteiger partial charge in [0.2, 0.25) is 5.91 Å². The third-order valence-electron chi connectivity index (χ3n) is 8.59. The number of hydrogen-bond donors (Lipinski definition) is 1. The van der Waals surface area contributed by atoms with Crippen LogP contribution in [0.15, 0.2) is 18.2 Å². The quantitative estimate of drug-likeness (QED) is 0.635. The number of carboxylic acids is 1. The minimum Gasteiger partial charge on any atom is -0.481 e. The molecule has 0 radical (unpaired) electrons. The molecular weight excluding hydrogens is 492 g/mol. The van der Waals surface area contributed by atoms with Crippen molar-refractivity contribution in [3.8, 4) is 0 Å². The van der Waals surface area contributed by atoms with Crippen LogP contribution in [0.5, 0.6) is 0 Å². The summed E-state index contributed by atoms with van der Waals surface area (Å²) in [6.07, 6.45) is 5.08. The van der Waals surface area contributed by atoms with E-state index in [1.54, 1.807) is 6.07 Å². The van der Waals surface area contributed by atoms with Crippen LogP contribution >= 0.6 is 11.6 Å². The lowest BCUT2D eigenvalue weighted by Crippen LogP contribution is -2.51. The molecule has 2 saturated heterocycles. The number of amides is 1. The van der Waals surface area contributed by atoms with Gasteiger partial charge in [-0.2, -0.15) is 4.68 Å². The van der Waals surface area contributed by atoms with Gasteiger partial charge >= 0.3 is 5.97 Å². The molecule has 1 amide bonds. The van der Waals surface area contributed by atoms with Crippen molar-refractivity contribution in [2.24, 2.45) is 17.8 Å². The maximum absolute atomic E-state index is 14.1. The van der Waals surface area contributed by atoms with E-state index >= 15 is 0 Å². The summed E-state index contributed by atoms with van der Waals surface area (Å²) in [7, 11) is 0. The van der Waals surface area contributed by atoms with E-state index < -0.39 is 5.97 Å². The molecule has 8 nitrogen and oxygen atoms in total. The number of carboxylic acid groups (broad SMARTS) is 1. The first-order chi connectivity index (χ1) is 17.8. The highest BCUT2D eigenvalue weighted by molar-refractivity contribution is 6.34. The summed E-state index contributed by atoms with van der Waals surface area (Å²) in [5.41, 5.74) is 3.31. The molecule has 6 rings (SSSR count). The molecular formula is C28H33ClN4O4. The minimum atomic E-state index is -0.754. The van der Waals surface area contributed by atoms with Gasteiger partial charge in [-0.15, -0.1) is 5.10 Å². The standard InChI is InChI=1S/C28H33ClN4O4/c1-16-14-32(15-16)26(34)19-7-8-21-23(13-19)33(30-25(21)31-11-9-18(10-12-31)28(36)37)27(35)24-20(17-5-6-17)3-2-4-22(24)29/h2-4,16-19H,5-15H2,1H3,(H,36,37). The number of aromatic nitrogens is 2. The van der Waals surface area contributed by atoms with E-state index in [9.17, 15) is 19.5 Å². The molecule has 1 saturated carbocycles. The number of hydrogen-bond acceptors (Lipinski definition) is 5. The number of anilines is 1. The molecule has 37 heavy (non-hydrogen) atoms. The summed E-state index contributed by atoms with van der Waals surface area (Å²) in [6, 6.07) is 5.64. The van der Waals surface area contributed by atoms with Gasteiger partial charge in [-0.3, -0.25) is 14.4 Å². The second kappa shape index (κ2) is 9.46. The van der Waals surface area contributed by atoms with Crippen molar-refractivity contribution >= 4 is 35.2 Å². The van der Waals surface area contributed by atoms with Crippen LogP contribution in [0.25, 0.3) is 0 Å². The maximum Gasteiger partial charge on any atom is 0.306 e. The highest BCUT2D eigenvalue weighted by Gasteiger charge is 2.39. The zero-order valence-corrected chi connectivity index (χ0v) is 21.9. The Balaban J connectivity index is 1.36. The van der Waals surface area contributed by atoms with Crippen molar-refractivity contribution in [2.75, 3.05) is 31.1 Å². The highest BCUT2D eigenvalue weighted by atomic mass is 35.5. The van der Waals surface area contributed by atoms with Gasteiger partial charge in [0.15, 0.2) is 5.82 Å². The summed E-state index contributed by atoms with van der Waals surface area (Å²) >= 11 is 6.60. The molecule has 3 fully saturated rings. The molecule has 2 aromatic rings. The van der Waals surface area contributed by atoms with E-state index in [0.29, 0.717) is 61.2 Å². The smallest absolute Gasteiger partial charge is 0.306 e. The summed E-state index contributed by atoms with van der Waals surface area (Å²) in [5.74, 6) is 0.318. The zero-order chi connectivity index (χ0) is 25.8. The minimum absolute atomic E-state index is 0.164. The average molecular weight is 525 g/mol. The van der Waals surface area contributed by atoms with Crippen LogP contribution in [0.2, 0.25) is 5.02 Å². The number of nitrogens with zero attached hydrogens (tertiary/aromatic N) is 4. The van der Waals surface area contributed by atoms with Gasteiger partial charge in [0.05, 0.1) is 22.2 Å². The van der Waals surface area contributed by atoms with Gasteiger partial charge in [-0.1, -0.05) is 30.7 Å². The van der Waals surface area contributed by atoms with Crippen LogP contribution in [-0.4, -0.2) is 63.7 Å². The second-order valence-electron chi connectivity index (χ2n) is 11.3. The molecule has 196 valence electrons. The fourth-order valence-corrected chi connectivity index (χ4v) is 6.57. The Bertz CT molecular complexity index is 1260. The lowest BCUT2D eigenvalue weighted by atomic mass is 9.84. The molecule has 3 heterocycles. The lowest BCUT2D eigenvalue weighted by molar-refractivity contribution is -0.143. The van der Waals surface area contributed by atoms with Crippen LogP contribution in [-0.2, 0) is 22.4 Å². The number of rotatable bonds is 5. The molecule has 0 spiro atoms. The van der Waals surface area contributed by atoms with Gasteiger partial charge in [-0.05, 0) is 62.0 Å². The predicted molar refractivity (Wildman–Crippen MR) is 139 cm³/mol. The highest BCUT2D eigenvalue weighted by Crippen LogP contribution is 2.44. The third kappa shape index (κ3) is 4.43. The second-order valence-corrected chi connectivity index (χ2v) is 11.7. The number of piperidine rings is 1. The molecule has 1 unspecified atom stereocenters. The topological polar surface area (TPSA) is 95.7 Å². The van der Waals surface area contributed by atoms with Crippen molar-refractivity contribution in [3.05, 3.63) is 45.6 Å². The Kier molecular flexibility index (Phi) is 6.25. The predicted octanol–water partition coefficient (Wildman–Crippen LogP) is 3.99. The monoisotopic (exact) mass is 524 g/mol. The van der Waals surface area contributed by atoms with Crippen LogP contribution in [0.4, 0.5) is 5.82 Å². The maximum atomic E-state index is 14.1. The largest absolute Gasteiger partial charge is 0.481 e. The fourth-order valence-electron chi connectivity index (χ4n) is 6.31. The number of benzene rings is 1. The first kappa shape index (κ1) is 24.5. The van der Waals surface area contributed by atoms with Gasteiger partial charge < -0.3 is 14.9 Å². The fraction of sp³-hybridized carbons (Fsp3) is 0.571. The van der Waals surface area contributed by atoms with Crippen molar-refractivity contribution < 1.29 is 19.5 Å². The van der Waals surface area contributed by atoms with Crippen molar-refractivity contribution in [2.45, 2.75) is 57.8 Å².